The zero-order chi connectivity index (χ0) is 18.7. The van der Waals surface area contributed by atoms with E-state index in [4.69, 9.17) is 0 Å². The van der Waals surface area contributed by atoms with Crippen LogP contribution in [0, 0.1) is 10.1 Å². The fourth-order valence-corrected chi connectivity index (χ4v) is 2.82. The lowest BCUT2D eigenvalue weighted by molar-refractivity contribution is -0.384. The molecule has 0 amide bonds. The van der Waals surface area contributed by atoms with Crippen LogP contribution in [0.5, 0.6) is 0 Å². The molecule has 0 aromatic carbocycles. The Hall–Kier alpha value is -2.75. The minimum atomic E-state index is -4.67. The molecule has 0 radical (unpaired) electrons. The number of anilines is 1. The second-order valence-corrected chi connectivity index (χ2v) is 5.91. The maximum Gasteiger partial charge on any atom is 0.418 e. The summed E-state index contributed by atoms with van der Waals surface area (Å²) in [6, 6.07) is 6.18. The maximum atomic E-state index is 12.8. The molecule has 3 heterocycles. The summed E-state index contributed by atoms with van der Waals surface area (Å²) in [5.41, 5.74) is -0.834. The highest BCUT2D eigenvalue weighted by Crippen LogP contribution is 2.35. The highest BCUT2D eigenvalue weighted by molar-refractivity contribution is 5.59. The number of nitrogens with zero attached hydrogens (tertiary/aromatic N) is 5. The average Bonchev–Trinajstić information content (AvgIpc) is 2.62. The van der Waals surface area contributed by atoms with E-state index in [1.807, 2.05) is 18.2 Å². The van der Waals surface area contributed by atoms with Crippen LogP contribution >= 0.6 is 0 Å². The minimum Gasteiger partial charge on any atom is -0.348 e. The van der Waals surface area contributed by atoms with Crippen molar-refractivity contribution in [3.8, 4) is 0 Å². The Kier molecular flexibility index (Phi) is 5.03. The monoisotopic (exact) mass is 367 g/mol. The molecular formula is C16H16F3N5O2. The van der Waals surface area contributed by atoms with E-state index >= 15 is 0 Å². The smallest absolute Gasteiger partial charge is 0.348 e. The lowest BCUT2D eigenvalue weighted by Gasteiger charge is -2.34. The molecule has 0 spiro atoms. The van der Waals surface area contributed by atoms with Gasteiger partial charge in [-0.15, -0.1) is 0 Å². The van der Waals surface area contributed by atoms with Crippen molar-refractivity contribution in [3.63, 3.8) is 0 Å². The first-order valence-electron chi connectivity index (χ1n) is 7.93. The van der Waals surface area contributed by atoms with Crippen molar-refractivity contribution < 1.29 is 18.1 Å². The number of nitro groups is 1. The van der Waals surface area contributed by atoms with Gasteiger partial charge in [-0.2, -0.15) is 13.2 Å². The molecular weight excluding hydrogens is 351 g/mol. The van der Waals surface area contributed by atoms with Gasteiger partial charge < -0.3 is 4.90 Å². The second kappa shape index (κ2) is 7.24. The standard InChI is InChI=1S/C16H16F3N5O2/c17-16(18,19)12-9-14(24(25)26)15(21-10-12)23-7-5-22(6-8-23)11-13-3-1-2-4-20-13/h1-4,9-10H,5-8,11H2. The van der Waals surface area contributed by atoms with Crippen LogP contribution in [0.25, 0.3) is 0 Å². The molecule has 138 valence electrons. The molecule has 1 aliphatic rings. The largest absolute Gasteiger partial charge is 0.418 e. The van der Waals surface area contributed by atoms with E-state index in [0.29, 0.717) is 45.0 Å². The highest BCUT2D eigenvalue weighted by Gasteiger charge is 2.35. The molecule has 26 heavy (non-hydrogen) atoms. The van der Waals surface area contributed by atoms with Gasteiger partial charge in [-0.3, -0.25) is 20.0 Å². The van der Waals surface area contributed by atoms with Crippen molar-refractivity contribution in [2.45, 2.75) is 12.7 Å². The van der Waals surface area contributed by atoms with Crippen LogP contribution in [0.1, 0.15) is 11.3 Å². The van der Waals surface area contributed by atoms with Crippen molar-refractivity contribution in [3.05, 3.63) is 58.0 Å². The van der Waals surface area contributed by atoms with Gasteiger partial charge in [0.05, 0.1) is 16.2 Å². The summed E-state index contributed by atoms with van der Waals surface area (Å²) in [4.78, 5) is 22.1. The molecule has 0 saturated carbocycles. The predicted molar refractivity (Wildman–Crippen MR) is 87.6 cm³/mol. The summed E-state index contributed by atoms with van der Waals surface area (Å²) < 4.78 is 38.3. The van der Waals surface area contributed by atoms with Crippen LogP contribution in [0.15, 0.2) is 36.7 Å². The molecule has 1 aliphatic heterocycles. The summed E-state index contributed by atoms with van der Waals surface area (Å²) in [5, 5.41) is 11.2. The molecule has 0 bridgehead atoms. The zero-order valence-corrected chi connectivity index (χ0v) is 13.7. The molecule has 3 rings (SSSR count). The fourth-order valence-electron chi connectivity index (χ4n) is 2.82. The van der Waals surface area contributed by atoms with Crippen LogP contribution < -0.4 is 4.90 Å². The van der Waals surface area contributed by atoms with E-state index in [1.165, 1.54) is 0 Å². The van der Waals surface area contributed by atoms with E-state index in [1.54, 1.807) is 11.1 Å². The van der Waals surface area contributed by atoms with Crippen LogP contribution in [0.3, 0.4) is 0 Å². The summed E-state index contributed by atoms with van der Waals surface area (Å²) in [6.45, 7) is 2.74. The number of pyridine rings is 2. The number of piperazine rings is 1. The molecule has 7 nitrogen and oxygen atoms in total. The van der Waals surface area contributed by atoms with E-state index in [9.17, 15) is 23.3 Å². The third-order valence-electron chi connectivity index (χ3n) is 4.15. The van der Waals surface area contributed by atoms with Gasteiger partial charge in [-0.05, 0) is 12.1 Å². The third kappa shape index (κ3) is 4.07. The lowest BCUT2D eigenvalue weighted by Crippen LogP contribution is -2.46. The number of halogens is 3. The Morgan fingerprint density at radius 3 is 2.46 bits per heavy atom. The number of aromatic nitrogens is 2. The molecule has 2 aromatic heterocycles. The Morgan fingerprint density at radius 1 is 1.15 bits per heavy atom. The van der Waals surface area contributed by atoms with E-state index in [2.05, 4.69) is 14.9 Å². The van der Waals surface area contributed by atoms with Crippen LogP contribution in [0.2, 0.25) is 0 Å². The van der Waals surface area contributed by atoms with Gasteiger partial charge in [0.1, 0.15) is 0 Å². The predicted octanol–water partition coefficient (Wildman–Crippen LogP) is 2.73. The van der Waals surface area contributed by atoms with E-state index in [0.717, 1.165) is 5.69 Å². The Balaban J connectivity index is 1.72. The normalized spacial score (nSPS) is 15.9. The van der Waals surface area contributed by atoms with Crippen molar-refractivity contribution in [2.24, 2.45) is 0 Å². The molecule has 10 heteroatoms. The molecule has 1 saturated heterocycles. The van der Waals surface area contributed by atoms with Crippen molar-refractivity contribution in [1.29, 1.82) is 0 Å². The van der Waals surface area contributed by atoms with Crippen LogP contribution in [-0.2, 0) is 12.7 Å². The van der Waals surface area contributed by atoms with Gasteiger partial charge in [0.15, 0.2) is 0 Å². The van der Waals surface area contributed by atoms with Gasteiger partial charge in [0.2, 0.25) is 5.82 Å². The number of rotatable bonds is 4. The van der Waals surface area contributed by atoms with Gasteiger partial charge >= 0.3 is 11.9 Å². The molecule has 0 aliphatic carbocycles. The fraction of sp³-hybridized carbons (Fsp3) is 0.375. The topological polar surface area (TPSA) is 75.4 Å². The maximum absolute atomic E-state index is 12.8. The van der Waals surface area contributed by atoms with Crippen LogP contribution in [-0.4, -0.2) is 46.0 Å². The van der Waals surface area contributed by atoms with E-state index in [-0.39, 0.29) is 5.82 Å². The quantitative estimate of drug-likeness (QED) is 0.611. The van der Waals surface area contributed by atoms with Gasteiger partial charge in [-0.1, -0.05) is 6.07 Å². The summed E-state index contributed by atoms with van der Waals surface area (Å²) in [6.07, 6.45) is -2.32. The van der Waals surface area contributed by atoms with Crippen molar-refractivity contribution in [1.82, 2.24) is 14.9 Å². The van der Waals surface area contributed by atoms with Gasteiger partial charge in [-0.25, -0.2) is 4.98 Å². The average molecular weight is 367 g/mol. The molecule has 1 fully saturated rings. The lowest BCUT2D eigenvalue weighted by atomic mass is 10.2. The molecule has 2 aromatic rings. The Labute approximate surface area is 147 Å². The molecule has 0 atom stereocenters. The van der Waals surface area contributed by atoms with Gasteiger partial charge in [0.25, 0.3) is 0 Å². The third-order valence-corrected chi connectivity index (χ3v) is 4.15. The first-order chi connectivity index (χ1) is 12.3. The van der Waals surface area contributed by atoms with E-state index < -0.39 is 22.4 Å². The summed E-state index contributed by atoms with van der Waals surface area (Å²) in [7, 11) is 0. The first kappa shape index (κ1) is 18.1. The summed E-state index contributed by atoms with van der Waals surface area (Å²) in [5.74, 6) is -0.0273. The molecule has 0 N–H and O–H groups in total. The second-order valence-electron chi connectivity index (χ2n) is 5.91. The first-order valence-corrected chi connectivity index (χ1v) is 7.93. The van der Waals surface area contributed by atoms with Crippen molar-refractivity contribution in [2.75, 3.05) is 31.1 Å². The Morgan fingerprint density at radius 2 is 1.88 bits per heavy atom. The van der Waals surface area contributed by atoms with Gasteiger partial charge in [0, 0.05) is 51.2 Å². The van der Waals surface area contributed by atoms with Crippen molar-refractivity contribution >= 4 is 11.5 Å². The number of hydrogen-bond donors (Lipinski definition) is 0. The van der Waals surface area contributed by atoms with Crippen LogP contribution in [0.4, 0.5) is 24.7 Å². The summed E-state index contributed by atoms with van der Waals surface area (Å²) >= 11 is 0. The molecule has 0 unspecified atom stereocenters. The highest BCUT2D eigenvalue weighted by atomic mass is 19.4. The zero-order valence-electron chi connectivity index (χ0n) is 13.7. The Bertz CT molecular complexity index is 777. The SMILES string of the molecule is O=[N+]([O-])c1cc(C(F)(F)F)cnc1N1CCN(Cc2ccccn2)CC1. The number of alkyl halides is 3. The number of hydrogen-bond acceptors (Lipinski definition) is 6. The minimum absolute atomic E-state index is 0.0273.